The molecule has 0 aromatic heterocycles. The summed E-state index contributed by atoms with van der Waals surface area (Å²) >= 11 is 0. The van der Waals surface area contributed by atoms with E-state index in [1.807, 2.05) is 0 Å². The van der Waals surface area contributed by atoms with E-state index >= 15 is 0 Å². The van der Waals surface area contributed by atoms with Gasteiger partial charge in [-0.1, -0.05) is 12.1 Å². The summed E-state index contributed by atoms with van der Waals surface area (Å²) in [5, 5.41) is 5.20. The highest BCUT2D eigenvalue weighted by Gasteiger charge is 2.28. The topological polar surface area (TPSA) is 84.5 Å². The van der Waals surface area contributed by atoms with Gasteiger partial charge in [0.25, 0.3) is 6.43 Å². The van der Waals surface area contributed by atoms with Crippen LogP contribution >= 0.6 is 0 Å². The average Bonchev–Trinajstić information content (AvgIpc) is 2.82. The van der Waals surface area contributed by atoms with Crippen LogP contribution in [0.15, 0.2) is 24.3 Å². The van der Waals surface area contributed by atoms with Gasteiger partial charge >= 0.3 is 6.03 Å². The van der Waals surface area contributed by atoms with Crippen LogP contribution in [-0.4, -0.2) is 45.0 Å². The van der Waals surface area contributed by atoms with Crippen LogP contribution in [0.2, 0.25) is 0 Å². The first-order valence-electron chi connectivity index (χ1n) is 7.09. The van der Waals surface area contributed by atoms with Crippen LogP contribution in [0.4, 0.5) is 13.6 Å². The van der Waals surface area contributed by atoms with Crippen molar-refractivity contribution in [1.82, 2.24) is 10.6 Å². The van der Waals surface area contributed by atoms with Crippen LogP contribution in [-0.2, 0) is 16.4 Å². The standard InChI is InChI=1S/C14H18F2N2O4S/c15-13(16)8-22-12-3-1-2-10(6-12)7-17-14(19)18-11-4-5-23(20,21)9-11/h1-3,6,11,13H,4-5,7-9H2,(H2,17,18,19)/t11-/m0/s1. The Balaban J connectivity index is 1.79. The molecule has 2 N–H and O–H groups in total. The molecule has 0 unspecified atom stereocenters. The Kier molecular flexibility index (Phi) is 5.75. The fourth-order valence-electron chi connectivity index (χ4n) is 2.23. The van der Waals surface area contributed by atoms with E-state index in [4.69, 9.17) is 4.74 Å². The maximum atomic E-state index is 12.1. The molecule has 1 fully saturated rings. The lowest BCUT2D eigenvalue weighted by atomic mass is 10.2. The number of alkyl halides is 2. The maximum absolute atomic E-state index is 12.1. The molecule has 6 nitrogen and oxygen atoms in total. The Morgan fingerprint density at radius 1 is 1.39 bits per heavy atom. The minimum Gasteiger partial charge on any atom is -0.488 e. The number of nitrogens with one attached hydrogen (secondary N) is 2. The second-order valence-electron chi connectivity index (χ2n) is 5.28. The van der Waals surface area contributed by atoms with Crippen molar-refractivity contribution in [3.8, 4) is 5.75 Å². The first-order chi connectivity index (χ1) is 10.8. The molecule has 1 aromatic carbocycles. The molecule has 0 radical (unpaired) electrons. The molecular weight excluding hydrogens is 330 g/mol. The van der Waals surface area contributed by atoms with Gasteiger partial charge in [-0.3, -0.25) is 0 Å². The number of urea groups is 1. The predicted octanol–water partition coefficient (Wildman–Crippen LogP) is 1.32. The molecule has 9 heteroatoms. The van der Waals surface area contributed by atoms with Gasteiger partial charge in [0.2, 0.25) is 0 Å². The van der Waals surface area contributed by atoms with E-state index < -0.39 is 28.9 Å². The van der Waals surface area contributed by atoms with Crippen molar-refractivity contribution in [2.24, 2.45) is 0 Å². The Morgan fingerprint density at radius 2 is 2.17 bits per heavy atom. The Hall–Kier alpha value is -1.90. The zero-order chi connectivity index (χ0) is 16.9. The van der Waals surface area contributed by atoms with Crippen LogP contribution in [0.3, 0.4) is 0 Å². The zero-order valence-electron chi connectivity index (χ0n) is 12.3. The lowest BCUT2D eigenvalue weighted by Gasteiger charge is -2.12. The van der Waals surface area contributed by atoms with Crippen molar-refractivity contribution < 1.29 is 26.7 Å². The minimum atomic E-state index is -3.05. The predicted molar refractivity (Wildman–Crippen MR) is 80.4 cm³/mol. The second-order valence-corrected chi connectivity index (χ2v) is 7.51. The molecule has 1 atom stereocenters. The minimum absolute atomic E-state index is 0.0443. The van der Waals surface area contributed by atoms with Crippen LogP contribution in [0, 0.1) is 0 Å². The van der Waals surface area contributed by atoms with Crippen molar-refractivity contribution in [2.75, 3.05) is 18.1 Å². The van der Waals surface area contributed by atoms with Crippen molar-refractivity contribution in [3.05, 3.63) is 29.8 Å². The number of ether oxygens (including phenoxy) is 1. The van der Waals surface area contributed by atoms with Crippen molar-refractivity contribution in [1.29, 1.82) is 0 Å². The molecule has 0 aliphatic carbocycles. The van der Waals surface area contributed by atoms with Gasteiger partial charge < -0.3 is 15.4 Å². The van der Waals surface area contributed by atoms with Gasteiger partial charge in [0, 0.05) is 12.6 Å². The fourth-order valence-corrected chi connectivity index (χ4v) is 3.91. The van der Waals surface area contributed by atoms with Gasteiger partial charge in [0.05, 0.1) is 11.5 Å². The van der Waals surface area contributed by atoms with E-state index in [0.717, 1.165) is 0 Å². The third kappa shape index (κ3) is 6.01. The molecule has 1 aromatic rings. The quantitative estimate of drug-likeness (QED) is 0.812. The Labute approximate surface area is 133 Å². The highest BCUT2D eigenvalue weighted by Crippen LogP contribution is 2.14. The summed E-state index contributed by atoms with van der Waals surface area (Å²) < 4.78 is 51.7. The van der Waals surface area contributed by atoms with E-state index in [2.05, 4.69) is 10.6 Å². The third-order valence-electron chi connectivity index (χ3n) is 3.30. The van der Waals surface area contributed by atoms with Gasteiger partial charge in [-0.05, 0) is 24.1 Å². The Bertz CT molecular complexity index is 652. The van der Waals surface area contributed by atoms with Crippen molar-refractivity contribution >= 4 is 15.9 Å². The van der Waals surface area contributed by atoms with Crippen LogP contribution < -0.4 is 15.4 Å². The molecule has 1 heterocycles. The summed E-state index contributed by atoms with van der Waals surface area (Å²) in [5.41, 5.74) is 0.686. The largest absolute Gasteiger partial charge is 0.488 e. The summed E-state index contributed by atoms with van der Waals surface area (Å²) in [7, 11) is -3.05. The number of benzene rings is 1. The number of carbonyl (C=O) groups excluding carboxylic acids is 1. The number of rotatable bonds is 6. The smallest absolute Gasteiger partial charge is 0.315 e. The molecule has 1 aliphatic heterocycles. The Morgan fingerprint density at radius 3 is 2.83 bits per heavy atom. The fraction of sp³-hybridized carbons (Fsp3) is 0.500. The molecule has 0 spiro atoms. The number of amides is 2. The van der Waals surface area contributed by atoms with Gasteiger partial charge in [-0.25, -0.2) is 22.0 Å². The number of hydrogen-bond acceptors (Lipinski definition) is 4. The van der Waals surface area contributed by atoms with Crippen LogP contribution in [0.1, 0.15) is 12.0 Å². The summed E-state index contributed by atoms with van der Waals surface area (Å²) in [5.74, 6) is 0.339. The summed E-state index contributed by atoms with van der Waals surface area (Å²) in [6.45, 7) is -0.509. The molecule has 2 rings (SSSR count). The molecule has 2 amide bonds. The van der Waals surface area contributed by atoms with E-state index in [-0.39, 0.29) is 24.1 Å². The number of halogens is 2. The van der Waals surface area contributed by atoms with E-state index in [9.17, 15) is 22.0 Å². The number of carbonyl (C=O) groups is 1. The highest BCUT2D eigenvalue weighted by atomic mass is 32.2. The van der Waals surface area contributed by atoms with E-state index in [1.54, 1.807) is 24.3 Å². The summed E-state index contributed by atoms with van der Waals surface area (Å²) in [4.78, 5) is 11.7. The molecule has 128 valence electrons. The van der Waals surface area contributed by atoms with E-state index in [0.29, 0.717) is 17.7 Å². The van der Waals surface area contributed by atoms with Gasteiger partial charge in [0.15, 0.2) is 9.84 Å². The molecule has 23 heavy (non-hydrogen) atoms. The van der Waals surface area contributed by atoms with E-state index in [1.165, 1.54) is 0 Å². The van der Waals surface area contributed by atoms with Gasteiger partial charge in [-0.15, -0.1) is 0 Å². The highest BCUT2D eigenvalue weighted by molar-refractivity contribution is 7.91. The monoisotopic (exact) mass is 348 g/mol. The molecular formula is C14H18F2N2O4S. The maximum Gasteiger partial charge on any atom is 0.315 e. The first-order valence-corrected chi connectivity index (χ1v) is 8.91. The molecule has 0 bridgehead atoms. The van der Waals surface area contributed by atoms with Crippen molar-refractivity contribution in [2.45, 2.75) is 25.4 Å². The van der Waals surface area contributed by atoms with Crippen LogP contribution in [0.5, 0.6) is 5.75 Å². The van der Waals surface area contributed by atoms with Crippen LogP contribution in [0.25, 0.3) is 0 Å². The van der Waals surface area contributed by atoms with Gasteiger partial charge in [0.1, 0.15) is 12.4 Å². The molecule has 1 aliphatic rings. The summed E-state index contributed by atoms with van der Waals surface area (Å²) in [6.07, 6.45) is -2.14. The lowest BCUT2D eigenvalue weighted by molar-refractivity contribution is 0.0818. The molecule has 1 saturated heterocycles. The van der Waals surface area contributed by atoms with Crippen molar-refractivity contribution in [3.63, 3.8) is 0 Å². The SMILES string of the molecule is O=C(NCc1cccc(OCC(F)F)c1)N[C@H]1CCS(=O)(=O)C1. The third-order valence-corrected chi connectivity index (χ3v) is 5.06. The number of sulfone groups is 1. The second kappa shape index (κ2) is 7.58. The van der Waals surface area contributed by atoms with Gasteiger partial charge in [-0.2, -0.15) is 0 Å². The summed E-state index contributed by atoms with van der Waals surface area (Å²) in [6, 6.07) is 5.62. The number of hydrogen-bond donors (Lipinski definition) is 2. The first kappa shape index (κ1) is 17.5. The normalized spacial score (nSPS) is 19.5. The lowest BCUT2D eigenvalue weighted by Crippen LogP contribution is -2.42. The average molecular weight is 348 g/mol. The molecule has 0 saturated carbocycles. The zero-order valence-corrected chi connectivity index (χ0v) is 13.1.